The van der Waals surface area contributed by atoms with Crippen LogP contribution in [0.2, 0.25) is 0 Å². The molecule has 76 valence electrons. The fourth-order valence-electron chi connectivity index (χ4n) is 0.996. The van der Waals surface area contributed by atoms with Crippen LogP contribution in [0.15, 0.2) is 24.3 Å². The van der Waals surface area contributed by atoms with Gasteiger partial charge in [0.2, 0.25) is 0 Å². The molecule has 0 bridgehead atoms. The zero-order valence-electron chi connectivity index (χ0n) is 8.11. The van der Waals surface area contributed by atoms with Crippen LogP contribution in [0.25, 0.3) is 0 Å². The van der Waals surface area contributed by atoms with Crippen LogP contribution in [0, 0.1) is 0 Å². The van der Waals surface area contributed by atoms with Gasteiger partial charge in [-0.1, -0.05) is 0 Å². The topological polar surface area (TPSA) is 61.4 Å². The second kappa shape index (κ2) is 4.50. The Bertz CT molecular complexity index is 308. The van der Waals surface area contributed by atoms with Crippen molar-refractivity contribution < 1.29 is 14.6 Å². The minimum Gasteiger partial charge on any atom is -0.548 e. The fraction of sp³-hybridized carbons (Fsp3) is 0.300. The summed E-state index contributed by atoms with van der Waals surface area (Å²) in [6.07, 6.45) is 0. The molecular formula is C10H12NO3-. The Morgan fingerprint density at radius 2 is 2.00 bits per heavy atom. The third-order valence-electron chi connectivity index (χ3n) is 1.83. The van der Waals surface area contributed by atoms with Crippen LogP contribution in [-0.2, 0) is 4.79 Å². The van der Waals surface area contributed by atoms with Crippen molar-refractivity contribution >= 4 is 11.7 Å². The molecule has 1 rings (SSSR count). The van der Waals surface area contributed by atoms with Crippen molar-refractivity contribution in [2.75, 3.05) is 12.4 Å². The van der Waals surface area contributed by atoms with Crippen molar-refractivity contribution in [2.45, 2.75) is 13.0 Å². The number of hydrogen-bond donors (Lipinski definition) is 1. The fourth-order valence-corrected chi connectivity index (χ4v) is 0.996. The number of carboxylic acid groups (broad SMARTS) is 1. The predicted octanol–water partition coefficient (Wildman–Crippen LogP) is 0.245. The number of ether oxygens (including phenoxy) is 1. The number of hydrogen-bond acceptors (Lipinski definition) is 4. The molecule has 1 atom stereocenters. The molecule has 14 heavy (non-hydrogen) atoms. The highest BCUT2D eigenvalue weighted by Crippen LogP contribution is 2.15. The van der Waals surface area contributed by atoms with E-state index in [9.17, 15) is 9.90 Å². The number of carbonyl (C=O) groups is 1. The van der Waals surface area contributed by atoms with E-state index in [1.807, 2.05) is 0 Å². The molecule has 0 radical (unpaired) electrons. The molecule has 0 aliphatic heterocycles. The van der Waals surface area contributed by atoms with Gasteiger partial charge in [0, 0.05) is 5.69 Å². The Balaban J connectivity index is 2.64. The maximum Gasteiger partial charge on any atom is 0.119 e. The van der Waals surface area contributed by atoms with Gasteiger partial charge in [0.1, 0.15) is 5.75 Å². The Morgan fingerprint density at radius 3 is 2.43 bits per heavy atom. The molecule has 1 N–H and O–H groups in total. The Morgan fingerprint density at radius 1 is 1.43 bits per heavy atom. The normalized spacial score (nSPS) is 11.9. The Hall–Kier alpha value is -1.71. The van der Waals surface area contributed by atoms with Crippen molar-refractivity contribution in [3.8, 4) is 5.75 Å². The molecule has 0 saturated carbocycles. The largest absolute Gasteiger partial charge is 0.548 e. The molecule has 0 unspecified atom stereocenters. The van der Waals surface area contributed by atoms with Gasteiger partial charge in [0.25, 0.3) is 0 Å². The average molecular weight is 194 g/mol. The summed E-state index contributed by atoms with van der Waals surface area (Å²) in [6.45, 7) is 1.53. The van der Waals surface area contributed by atoms with Crippen molar-refractivity contribution in [1.29, 1.82) is 0 Å². The van der Waals surface area contributed by atoms with Gasteiger partial charge in [0.05, 0.1) is 19.1 Å². The van der Waals surface area contributed by atoms with Gasteiger partial charge in [-0.25, -0.2) is 0 Å². The quantitative estimate of drug-likeness (QED) is 0.746. The van der Waals surface area contributed by atoms with Gasteiger partial charge in [-0.15, -0.1) is 0 Å². The van der Waals surface area contributed by atoms with E-state index in [4.69, 9.17) is 4.74 Å². The summed E-state index contributed by atoms with van der Waals surface area (Å²) in [7, 11) is 1.58. The SMILES string of the molecule is COc1ccc(N[C@@H](C)C(=O)[O-])cc1. The van der Waals surface area contributed by atoms with E-state index in [-0.39, 0.29) is 0 Å². The van der Waals surface area contributed by atoms with Crippen LogP contribution in [0.1, 0.15) is 6.92 Å². The molecule has 0 aliphatic carbocycles. The summed E-state index contributed by atoms with van der Waals surface area (Å²) in [5.41, 5.74) is 0.725. The number of carboxylic acids is 1. The number of carbonyl (C=O) groups excluding carboxylic acids is 1. The average Bonchev–Trinajstić information content (AvgIpc) is 2.19. The molecule has 4 nitrogen and oxygen atoms in total. The van der Waals surface area contributed by atoms with Crippen molar-refractivity contribution in [1.82, 2.24) is 0 Å². The highest BCUT2D eigenvalue weighted by molar-refractivity contribution is 5.74. The van der Waals surface area contributed by atoms with Crippen LogP contribution in [0.4, 0.5) is 5.69 Å². The van der Waals surface area contributed by atoms with Gasteiger partial charge in [-0.3, -0.25) is 0 Å². The van der Waals surface area contributed by atoms with Crippen LogP contribution in [-0.4, -0.2) is 19.1 Å². The summed E-state index contributed by atoms with van der Waals surface area (Å²) in [6, 6.07) is 6.30. The van der Waals surface area contributed by atoms with E-state index < -0.39 is 12.0 Å². The van der Waals surface area contributed by atoms with E-state index in [2.05, 4.69) is 5.32 Å². The molecule has 0 amide bonds. The first kappa shape index (κ1) is 10.4. The number of anilines is 1. The summed E-state index contributed by atoms with van der Waals surface area (Å²) in [5, 5.41) is 13.2. The zero-order chi connectivity index (χ0) is 10.6. The summed E-state index contributed by atoms with van der Waals surface area (Å²) in [4.78, 5) is 10.4. The lowest BCUT2D eigenvalue weighted by Crippen LogP contribution is -2.38. The molecule has 0 fully saturated rings. The molecule has 0 heterocycles. The molecule has 0 spiro atoms. The van der Waals surface area contributed by atoms with Crippen LogP contribution in [0.5, 0.6) is 5.75 Å². The number of benzene rings is 1. The maximum atomic E-state index is 10.4. The highest BCUT2D eigenvalue weighted by atomic mass is 16.5. The van der Waals surface area contributed by atoms with Crippen LogP contribution in [0.3, 0.4) is 0 Å². The third kappa shape index (κ3) is 2.65. The van der Waals surface area contributed by atoms with E-state index in [1.165, 1.54) is 6.92 Å². The second-order valence-electron chi connectivity index (χ2n) is 2.91. The van der Waals surface area contributed by atoms with E-state index in [0.717, 1.165) is 11.4 Å². The van der Waals surface area contributed by atoms with Crippen LogP contribution >= 0.6 is 0 Å². The highest BCUT2D eigenvalue weighted by Gasteiger charge is 2.01. The number of nitrogens with one attached hydrogen (secondary N) is 1. The number of methoxy groups -OCH3 is 1. The molecule has 0 aromatic heterocycles. The third-order valence-corrected chi connectivity index (χ3v) is 1.83. The second-order valence-corrected chi connectivity index (χ2v) is 2.91. The van der Waals surface area contributed by atoms with E-state index in [0.29, 0.717) is 0 Å². The molecule has 1 aromatic carbocycles. The standard InChI is InChI=1S/C10H13NO3/c1-7(10(12)13)11-8-3-5-9(14-2)6-4-8/h3-7,11H,1-2H3,(H,12,13)/p-1/t7-/m0/s1. The summed E-state index contributed by atoms with van der Waals surface area (Å²) < 4.78 is 4.97. The van der Waals surface area contributed by atoms with Crippen molar-refractivity contribution in [3.05, 3.63) is 24.3 Å². The Labute approximate surface area is 82.5 Å². The summed E-state index contributed by atoms with van der Waals surface area (Å²) >= 11 is 0. The van der Waals surface area contributed by atoms with Gasteiger partial charge in [-0.05, 0) is 31.2 Å². The smallest absolute Gasteiger partial charge is 0.119 e. The monoisotopic (exact) mass is 194 g/mol. The summed E-state index contributed by atoms with van der Waals surface area (Å²) in [5.74, 6) is -0.391. The van der Waals surface area contributed by atoms with Gasteiger partial charge in [0.15, 0.2) is 0 Å². The van der Waals surface area contributed by atoms with E-state index >= 15 is 0 Å². The number of rotatable bonds is 4. The van der Waals surface area contributed by atoms with Gasteiger partial charge in [-0.2, -0.15) is 0 Å². The van der Waals surface area contributed by atoms with Crippen LogP contribution < -0.4 is 15.2 Å². The Kier molecular flexibility index (Phi) is 3.34. The molecule has 1 aromatic rings. The predicted molar refractivity (Wildman–Crippen MR) is 51.1 cm³/mol. The number of aliphatic carboxylic acids is 1. The molecule has 0 aliphatic rings. The van der Waals surface area contributed by atoms with Crippen molar-refractivity contribution in [3.63, 3.8) is 0 Å². The zero-order valence-corrected chi connectivity index (χ0v) is 8.11. The molecule has 0 saturated heterocycles. The van der Waals surface area contributed by atoms with E-state index in [1.54, 1.807) is 31.4 Å². The lowest BCUT2D eigenvalue weighted by atomic mass is 10.2. The lowest BCUT2D eigenvalue weighted by Gasteiger charge is -2.15. The molecule has 4 heteroatoms. The van der Waals surface area contributed by atoms with Gasteiger partial charge >= 0.3 is 0 Å². The van der Waals surface area contributed by atoms with Crippen molar-refractivity contribution in [2.24, 2.45) is 0 Å². The maximum absolute atomic E-state index is 10.4. The minimum atomic E-state index is -1.12. The first-order chi connectivity index (χ1) is 6.63. The minimum absolute atomic E-state index is 0.705. The first-order valence-corrected chi connectivity index (χ1v) is 4.25. The molecular weight excluding hydrogens is 182 g/mol. The van der Waals surface area contributed by atoms with Gasteiger partial charge < -0.3 is 20.0 Å². The first-order valence-electron chi connectivity index (χ1n) is 4.25. The lowest BCUT2D eigenvalue weighted by molar-refractivity contribution is -0.306.